The molecule has 0 bridgehead atoms. The number of aryl methyl sites for hydroxylation is 2. The normalized spacial score (nSPS) is 17.1. The number of benzene rings is 4. The van der Waals surface area contributed by atoms with Crippen LogP contribution in [0.25, 0.3) is 5.57 Å². The molecule has 14 heteroatoms. The lowest BCUT2D eigenvalue weighted by Crippen LogP contribution is -2.44. The lowest BCUT2D eigenvalue weighted by atomic mass is 9.85. The SMILES string of the molecule is C.COc1ccc(C2=CC(O)CCc3cc(OC)c(OC)c(OC)c32)cc1O[Si](C)(C)C(C)(C)C.COc1ccc(C2CC(O)CCc3cc(OC)c(OC)c(OC)c32)cc1O[Si](C)(C)C(C)(C)C. The third kappa shape index (κ3) is 12.1. The van der Waals surface area contributed by atoms with E-state index in [2.05, 4.69) is 79.9 Å². The maximum Gasteiger partial charge on any atom is 0.250 e. The van der Waals surface area contributed by atoms with Crippen LogP contribution < -0.4 is 46.7 Å². The standard InChI is InChI=1S/C27H40O6Si.C27H38O6Si.CH4/c2*1-27(2,3)34(8,9)33-22-14-17(11-13-21(22)29-4)20-16-19(28)12-10-18-15-23(30-5)25(31-6)26(32-7)24(18)20;/h11,13-15,19-20,28H,10,12,16H2,1-9H3;11,13-16,19,28H,10,12H2,1-9H3;1H4. The minimum Gasteiger partial charge on any atom is -0.541 e. The third-order valence-electron chi connectivity index (χ3n) is 14.2. The van der Waals surface area contributed by atoms with Crippen LogP contribution in [0.1, 0.15) is 108 Å². The topological polar surface area (TPSA) is 133 Å². The van der Waals surface area contributed by atoms with Crippen LogP contribution in [0.3, 0.4) is 0 Å². The molecule has 2 aliphatic carbocycles. The molecule has 2 aliphatic rings. The van der Waals surface area contributed by atoms with Gasteiger partial charge in [-0.05, 0) is 139 Å². The summed E-state index contributed by atoms with van der Waals surface area (Å²) < 4.78 is 58.9. The number of aliphatic hydroxyl groups excluding tert-OH is 2. The minimum atomic E-state index is -2.12. The average Bonchev–Trinajstić information content (AvgIpc) is 3.56. The summed E-state index contributed by atoms with van der Waals surface area (Å²) in [6.07, 6.45) is 4.10. The van der Waals surface area contributed by atoms with E-state index in [1.807, 2.05) is 42.5 Å². The van der Waals surface area contributed by atoms with E-state index in [-0.39, 0.29) is 23.4 Å². The molecule has 0 aromatic heterocycles. The Kier molecular flexibility index (Phi) is 18.7. The molecule has 4 aromatic rings. The second-order valence-electron chi connectivity index (χ2n) is 20.6. The van der Waals surface area contributed by atoms with Gasteiger partial charge in [0.15, 0.2) is 34.5 Å². The van der Waals surface area contributed by atoms with Crippen molar-refractivity contribution in [3.63, 3.8) is 0 Å². The first-order valence-electron chi connectivity index (χ1n) is 23.4. The minimum absolute atomic E-state index is 0. The van der Waals surface area contributed by atoms with Gasteiger partial charge >= 0.3 is 0 Å². The van der Waals surface area contributed by atoms with Crippen LogP contribution in [-0.2, 0) is 12.8 Å². The van der Waals surface area contributed by atoms with Crippen molar-refractivity contribution in [1.82, 2.24) is 0 Å². The summed E-state index contributed by atoms with van der Waals surface area (Å²) in [4.78, 5) is 0. The van der Waals surface area contributed by atoms with Gasteiger partial charge < -0.3 is 57.0 Å². The van der Waals surface area contributed by atoms with Crippen LogP contribution >= 0.6 is 0 Å². The molecule has 0 heterocycles. The lowest BCUT2D eigenvalue weighted by Gasteiger charge is -2.37. The van der Waals surface area contributed by atoms with E-state index in [4.69, 9.17) is 46.7 Å². The summed E-state index contributed by atoms with van der Waals surface area (Å²) in [7, 11) is 8.82. The molecule has 69 heavy (non-hydrogen) atoms. The summed E-state index contributed by atoms with van der Waals surface area (Å²) in [5.41, 5.74) is 6.85. The van der Waals surface area contributed by atoms with Gasteiger partial charge in [0.05, 0.1) is 69.1 Å². The van der Waals surface area contributed by atoms with E-state index in [9.17, 15) is 10.2 Å². The van der Waals surface area contributed by atoms with E-state index in [1.165, 1.54) is 0 Å². The van der Waals surface area contributed by atoms with Crippen molar-refractivity contribution in [3.05, 3.63) is 88.0 Å². The van der Waals surface area contributed by atoms with Gasteiger partial charge in [-0.15, -0.1) is 0 Å². The summed E-state index contributed by atoms with van der Waals surface area (Å²) >= 11 is 0. The molecule has 0 saturated carbocycles. The molecule has 6 rings (SSSR count). The smallest absolute Gasteiger partial charge is 0.250 e. The maximum absolute atomic E-state index is 10.8. The Morgan fingerprint density at radius 3 is 1.46 bits per heavy atom. The number of aliphatic hydroxyl groups is 2. The van der Waals surface area contributed by atoms with Crippen molar-refractivity contribution in [1.29, 1.82) is 0 Å². The van der Waals surface area contributed by atoms with E-state index >= 15 is 0 Å². The fourth-order valence-corrected chi connectivity index (χ4v) is 10.4. The molecule has 0 aliphatic heterocycles. The fourth-order valence-electron chi connectivity index (χ4n) is 8.32. The number of rotatable bonds is 14. The maximum atomic E-state index is 10.8. The van der Waals surface area contributed by atoms with Crippen molar-refractivity contribution < 1.29 is 57.0 Å². The van der Waals surface area contributed by atoms with Gasteiger partial charge in [0, 0.05) is 17.0 Å². The van der Waals surface area contributed by atoms with Gasteiger partial charge in [-0.25, -0.2) is 0 Å². The molecule has 3 atom stereocenters. The first-order valence-corrected chi connectivity index (χ1v) is 29.2. The van der Waals surface area contributed by atoms with Gasteiger partial charge in [-0.3, -0.25) is 0 Å². The van der Waals surface area contributed by atoms with Gasteiger partial charge in [0.2, 0.25) is 11.5 Å². The van der Waals surface area contributed by atoms with Crippen molar-refractivity contribution >= 4 is 22.2 Å². The van der Waals surface area contributed by atoms with E-state index in [0.29, 0.717) is 77.4 Å². The first kappa shape index (κ1) is 56.6. The van der Waals surface area contributed by atoms with Gasteiger partial charge in [-0.1, -0.05) is 61.1 Å². The molecule has 0 amide bonds. The van der Waals surface area contributed by atoms with Crippen molar-refractivity contribution in [2.75, 3.05) is 56.9 Å². The summed E-state index contributed by atoms with van der Waals surface area (Å²) in [6, 6.07) is 16.0. The van der Waals surface area contributed by atoms with Gasteiger partial charge in [-0.2, -0.15) is 0 Å². The van der Waals surface area contributed by atoms with Crippen LogP contribution in [-0.4, -0.2) is 95.9 Å². The molecule has 0 radical (unpaired) electrons. The second kappa shape index (κ2) is 22.8. The average molecular weight is 991 g/mol. The Morgan fingerprint density at radius 2 is 0.971 bits per heavy atom. The molecule has 4 aromatic carbocycles. The van der Waals surface area contributed by atoms with Crippen LogP contribution in [0.2, 0.25) is 36.3 Å². The molecular formula is C55H82O12Si2. The quantitative estimate of drug-likeness (QED) is 0.0920. The molecular weight excluding hydrogens is 909 g/mol. The lowest BCUT2D eigenvalue weighted by molar-refractivity contribution is 0.153. The van der Waals surface area contributed by atoms with Crippen LogP contribution in [0.15, 0.2) is 54.6 Å². The Bertz CT molecular complexity index is 2410. The van der Waals surface area contributed by atoms with Crippen LogP contribution in [0.5, 0.6) is 57.5 Å². The largest absolute Gasteiger partial charge is 0.541 e. The Hall–Kier alpha value is -5.03. The summed E-state index contributed by atoms with van der Waals surface area (Å²) in [5, 5.41) is 21.6. The number of methoxy groups -OCH3 is 8. The fraction of sp³-hybridized carbons (Fsp3) is 0.527. The van der Waals surface area contributed by atoms with Crippen LogP contribution in [0, 0.1) is 0 Å². The second-order valence-corrected chi connectivity index (χ2v) is 30.0. The highest BCUT2D eigenvalue weighted by atomic mass is 28.4. The molecule has 12 nitrogen and oxygen atoms in total. The van der Waals surface area contributed by atoms with Crippen LogP contribution in [0.4, 0.5) is 0 Å². The zero-order valence-corrected chi connectivity index (χ0v) is 45.9. The van der Waals surface area contributed by atoms with Crippen molar-refractivity contribution in [2.45, 2.75) is 135 Å². The first-order chi connectivity index (χ1) is 31.9. The molecule has 0 saturated heterocycles. The zero-order valence-electron chi connectivity index (χ0n) is 43.9. The highest BCUT2D eigenvalue weighted by Gasteiger charge is 2.41. The third-order valence-corrected chi connectivity index (χ3v) is 22.9. The van der Waals surface area contributed by atoms with Crippen molar-refractivity contribution in [2.24, 2.45) is 0 Å². The molecule has 2 N–H and O–H groups in total. The zero-order chi connectivity index (χ0) is 50.5. The van der Waals surface area contributed by atoms with E-state index in [0.717, 1.165) is 51.1 Å². The van der Waals surface area contributed by atoms with Gasteiger partial charge in [0.1, 0.15) is 11.5 Å². The Balaban J connectivity index is 0.000000296. The highest BCUT2D eigenvalue weighted by Crippen LogP contribution is 2.52. The van der Waals surface area contributed by atoms with E-state index < -0.39 is 28.8 Å². The summed E-state index contributed by atoms with van der Waals surface area (Å²) in [5.74, 6) is 6.29. The number of ether oxygens (including phenoxy) is 8. The molecule has 382 valence electrons. The predicted octanol–water partition coefficient (Wildman–Crippen LogP) is 12.4. The Morgan fingerprint density at radius 1 is 0.507 bits per heavy atom. The Labute approximate surface area is 415 Å². The van der Waals surface area contributed by atoms with Gasteiger partial charge in [0.25, 0.3) is 16.6 Å². The number of hydrogen-bond acceptors (Lipinski definition) is 12. The molecule has 0 fully saturated rings. The van der Waals surface area contributed by atoms with Crippen molar-refractivity contribution in [3.8, 4) is 57.5 Å². The molecule has 3 unspecified atom stereocenters. The monoisotopic (exact) mass is 991 g/mol. The molecule has 0 spiro atoms. The number of fused-ring (bicyclic) bond motifs is 2. The predicted molar refractivity (Wildman–Crippen MR) is 283 cm³/mol. The van der Waals surface area contributed by atoms with E-state index in [1.54, 1.807) is 56.9 Å². The highest BCUT2D eigenvalue weighted by molar-refractivity contribution is 6.75. The number of hydrogen-bond donors (Lipinski definition) is 2. The summed E-state index contributed by atoms with van der Waals surface area (Å²) in [6.45, 7) is 22.2.